The molecule has 1 heterocycles. The van der Waals surface area contributed by atoms with E-state index in [1.165, 1.54) is 5.56 Å². The number of hydrogen-bond acceptors (Lipinski definition) is 5. The third kappa shape index (κ3) is 5.56. The summed E-state index contributed by atoms with van der Waals surface area (Å²) in [5.74, 6) is -1.11. The lowest BCUT2D eigenvalue weighted by atomic mass is 10.1. The number of hydrazine groups is 1. The fourth-order valence-corrected chi connectivity index (χ4v) is 4.70. The van der Waals surface area contributed by atoms with Gasteiger partial charge in [0.25, 0.3) is 10.0 Å². The summed E-state index contributed by atoms with van der Waals surface area (Å²) in [6.45, 7) is 4.30. The summed E-state index contributed by atoms with van der Waals surface area (Å²) in [6.07, 6.45) is 3.26. The molecule has 0 aromatic heterocycles. The van der Waals surface area contributed by atoms with Crippen molar-refractivity contribution in [2.75, 3.05) is 16.6 Å². The van der Waals surface area contributed by atoms with E-state index >= 15 is 0 Å². The Morgan fingerprint density at radius 2 is 1.72 bits per heavy atom. The van der Waals surface area contributed by atoms with Gasteiger partial charge in [-0.2, -0.15) is 0 Å². The third-order valence-electron chi connectivity index (χ3n) is 4.95. The van der Waals surface area contributed by atoms with Gasteiger partial charge in [0.15, 0.2) is 5.37 Å². The van der Waals surface area contributed by atoms with E-state index in [-0.39, 0.29) is 12.5 Å². The quantitative estimate of drug-likeness (QED) is 0.530. The minimum absolute atomic E-state index is 0.222. The molecule has 7 nitrogen and oxygen atoms in total. The lowest BCUT2D eigenvalue weighted by Crippen LogP contribution is -2.45. The predicted octanol–water partition coefficient (Wildman–Crippen LogP) is 2.77. The number of nitrogens with one attached hydrogen (secondary N) is 4. The van der Waals surface area contributed by atoms with Crippen molar-refractivity contribution < 1.29 is 13.2 Å². The number of anilines is 2. The van der Waals surface area contributed by atoms with Gasteiger partial charge in [-0.25, -0.2) is 13.8 Å². The molecule has 156 valence electrons. The third-order valence-corrected chi connectivity index (χ3v) is 6.59. The summed E-state index contributed by atoms with van der Waals surface area (Å²) >= 11 is 0. The molecule has 3 rings (SSSR count). The molecule has 0 spiro atoms. The SMILES string of the molecule is CCCCc1ccc(NC(=O)C2CNNC2S(=O)(=O)Nc2ccc(C)cc2)cc1. The Hall–Kier alpha value is -2.42. The second kappa shape index (κ2) is 9.39. The van der Waals surface area contributed by atoms with Crippen molar-refractivity contribution in [3.05, 3.63) is 59.7 Å². The second-order valence-corrected chi connectivity index (χ2v) is 9.16. The zero-order chi connectivity index (χ0) is 20.9. The molecule has 4 N–H and O–H groups in total. The Morgan fingerprint density at radius 3 is 2.38 bits per heavy atom. The van der Waals surface area contributed by atoms with E-state index in [9.17, 15) is 13.2 Å². The van der Waals surface area contributed by atoms with Crippen molar-refractivity contribution in [3.8, 4) is 0 Å². The summed E-state index contributed by atoms with van der Waals surface area (Å²) < 4.78 is 28.2. The maximum absolute atomic E-state index is 12.8. The van der Waals surface area contributed by atoms with E-state index in [2.05, 4.69) is 27.8 Å². The van der Waals surface area contributed by atoms with E-state index in [1.807, 2.05) is 43.3 Å². The number of hydrogen-bond donors (Lipinski definition) is 4. The Balaban J connectivity index is 1.66. The first-order chi connectivity index (χ1) is 13.9. The number of sulfonamides is 1. The topological polar surface area (TPSA) is 99.3 Å². The summed E-state index contributed by atoms with van der Waals surface area (Å²) in [7, 11) is -3.81. The van der Waals surface area contributed by atoms with Gasteiger partial charge in [-0.1, -0.05) is 43.2 Å². The molecule has 1 aliphatic rings. The summed E-state index contributed by atoms with van der Waals surface area (Å²) in [5.41, 5.74) is 8.88. The predicted molar refractivity (Wildman–Crippen MR) is 116 cm³/mol. The highest BCUT2D eigenvalue weighted by Gasteiger charge is 2.41. The van der Waals surface area contributed by atoms with Crippen molar-refractivity contribution in [3.63, 3.8) is 0 Å². The van der Waals surface area contributed by atoms with E-state index in [0.29, 0.717) is 11.4 Å². The second-order valence-electron chi connectivity index (χ2n) is 7.36. The van der Waals surface area contributed by atoms with Crippen LogP contribution < -0.4 is 20.9 Å². The van der Waals surface area contributed by atoms with Crippen molar-refractivity contribution in [2.45, 2.75) is 38.5 Å². The molecule has 1 saturated heterocycles. The number of unbranched alkanes of at least 4 members (excludes halogenated alkanes) is 1. The highest BCUT2D eigenvalue weighted by Crippen LogP contribution is 2.21. The molecule has 1 fully saturated rings. The van der Waals surface area contributed by atoms with E-state index in [4.69, 9.17) is 0 Å². The van der Waals surface area contributed by atoms with Gasteiger partial charge in [-0.05, 0) is 49.6 Å². The van der Waals surface area contributed by atoms with Crippen LogP contribution in [-0.2, 0) is 21.2 Å². The van der Waals surface area contributed by atoms with Gasteiger partial charge in [-0.3, -0.25) is 14.9 Å². The standard InChI is InChI=1S/C21H28N4O3S/c1-3-4-5-16-8-12-17(13-9-16)23-20(26)19-14-22-24-21(19)29(27,28)25-18-10-6-15(2)7-11-18/h6-13,19,21-22,24-25H,3-5,14H2,1-2H3,(H,23,26). The molecule has 2 atom stereocenters. The molecular formula is C21H28N4O3S. The normalized spacial score (nSPS) is 19.1. The lowest BCUT2D eigenvalue weighted by molar-refractivity contribution is -0.119. The van der Waals surface area contributed by atoms with Crippen molar-refractivity contribution in [2.24, 2.45) is 5.92 Å². The summed E-state index contributed by atoms with van der Waals surface area (Å²) in [4.78, 5) is 12.7. The molecule has 0 saturated carbocycles. The Kier molecular flexibility index (Phi) is 6.89. The summed E-state index contributed by atoms with van der Waals surface area (Å²) in [5, 5.41) is 1.75. The van der Waals surface area contributed by atoms with Gasteiger partial charge in [-0.15, -0.1) is 0 Å². The maximum atomic E-state index is 12.8. The highest BCUT2D eigenvalue weighted by molar-refractivity contribution is 7.93. The minimum Gasteiger partial charge on any atom is -0.326 e. The molecule has 0 radical (unpaired) electrons. The first kappa shape index (κ1) is 21.3. The Labute approximate surface area is 172 Å². The van der Waals surface area contributed by atoms with Crippen LogP contribution in [0.5, 0.6) is 0 Å². The molecular weight excluding hydrogens is 388 g/mol. The number of rotatable bonds is 8. The van der Waals surface area contributed by atoms with Crippen LogP contribution in [0.4, 0.5) is 11.4 Å². The van der Waals surface area contributed by atoms with Crippen LogP contribution in [0.3, 0.4) is 0 Å². The van der Waals surface area contributed by atoms with Crippen LogP contribution in [0.2, 0.25) is 0 Å². The molecule has 2 aromatic rings. The fourth-order valence-electron chi connectivity index (χ4n) is 3.22. The zero-order valence-electron chi connectivity index (χ0n) is 16.7. The number of aryl methyl sites for hydroxylation is 2. The van der Waals surface area contributed by atoms with Gasteiger partial charge in [0.2, 0.25) is 5.91 Å². The maximum Gasteiger partial charge on any atom is 0.250 e. The lowest BCUT2D eigenvalue weighted by Gasteiger charge is -2.19. The van der Waals surface area contributed by atoms with Crippen LogP contribution >= 0.6 is 0 Å². The summed E-state index contributed by atoms with van der Waals surface area (Å²) in [6, 6.07) is 14.7. The highest BCUT2D eigenvalue weighted by atomic mass is 32.2. The fraction of sp³-hybridized carbons (Fsp3) is 0.381. The minimum atomic E-state index is -3.81. The number of carbonyl (C=O) groups is 1. The van der Waals surface area contributed by atoms with Crippen LogP contribution in [-0.4, -0.2) is 26.2 Å². The molecule has 1 aliphatic heterocycles. The molecule has 2 aromatic carbocycles. The number of amides is 1. The van der Waals surface area contributed by atoms with Gasteiger partial charge in [0.05, 0.1) is 5.92 Å². The smallest absolute Gasteiger partial charge is 0.250 e. The molecule has 1 amide bonds. The van der Waals surface area contributed by atoms with Crippen molar-refractivity contribution >= 4 is 27.3 Å². The van der Waals surface area contributed by atoms with Gasteiger partial charge in [0.1, 0.15) is 0 Å². The van der Waals surface area contributed by atoms with Crippen molar-refractivity contribution in [1.29, 1.82) is 0 Å². The van der Waals surface area contributed by atoms with Gasteiger partial charge >= 0.3 is 0 Å². The first-order valence-corrected chi connectivity index (χ1v) is 11.4. The zero-order valence-corrected chi connectivity index (χ0v) is 17.6. The van der Waals surface area contributed by atoms with E-state index in [0.717, 1.165) is 24.8 Å². The van der Waals surface area contributed by atoms with E-state index in [1.54, 1.807) is 12.1 Å². The Bertz CT molecular complexity index is 927. The molecule has 2 unspecified atom stereocenters. The molecule has 8 heteroatoms. The number of carbonyl (C=O) groups excluding carboxylic acids is 1. The van der Waals surface area contributed by atoms with Crippen LogP contribution in [0.25, 0.3) is 0 Å². The number of benzene rings is 2. The molecule has 29 heavy (non-hydrogen) atoms. The average Bonchev–Trinajstić information content (AvgIpc) is 3.20. The molecule has 0 aliphatic carbocycles. The average molecular weight is 417 g/mol. The van der Waals surface area contributed by atoms with Crippen LogP contribution in [0.1, 0.15) is 30.9 Å². The first-order valence-electron chi connectivity index (χ1n) is 9.85. The van der Waals surface area contributed by atoms with Crippen LogP contribution in [0.15, 0.2) is 48.5 Å². The van der Waals surface area contributed by atoms with Crippen LogP contribution in [0, 0.1) is 12.8 Å². The Morgan fingerprint density at radius 1 is 1.07 bits per heavy atom. The van der Waals surface area contributed by atoms with Gasteiger partial charge in [0, 0.05) is 17.9 Å². The van der Waals surface area contributed by atoms with Gasteiger partial charge < -0.3 is 5.32 Å². The van der Waals surface area contributed by atoms with E-state index < -0.39 is 21.3 Å². The monoisotopic (exact) mass is 416 g/mol. The molecule has 0 bridgehead atoms. The van der Waals surface area contributed by atoms with Crippen molar-refractivity contribution in [1.82, 2.24) is 10.9 Å². The largest absolute Gasteiger partial charge is 0.326 e.